The third-order valence-corrected chi connectivity index (χ3v) is 5.35. The Hall–Kier alpha value is -3.00. The van der Waals surface area contributed by atoms with E-state index >= 15 is 0 Å². The Morgan fingerprint density at radius 2 is 1.79 bits per heavy atom. The second-order valence-corrected chi connectivity index (χ2v) is 7.38. The second-order valence-electron chi connectivity index (χ2n) is 6.50. The van der Waals surface area contributed by atoms with E-state index in [0.29, 0.717) is 17.9 Å². The van der Waals surface area contributed by atoms with Crippen molar-refractivity contribution in [2.24, 2.45) is 5.92 Å². The molecule has 3 amide bonds. The van der Waals surface area contributed by atoms with Crippen molar-refractivity contribution in [2.45, 2.75) is 18.2 Å². The van der Waals surface area contributed by atoms with Gasteiger partial charge in [-0.15, -0.1) is 11.8 Å². The minimum Gasteiger partial charge on any atom is -0.494 e. The highest BCUT2D eigenvalue weighted by molar-refractivity contribution is 7.98. The van der Waals surface area contributed by atoms with E-state index in [1.165, 1.54) is 0 Å². The highest BCUT2D eigenvalue weighted by Gasteiger charge is 2.35. The van der Waals surface area contributed by atoms with E-state index in [4.69, 9.17) is 4.74 Å². The van der Waals surface area contributed by atoms with Gasteiger partial charge in [-0.05, 0) is 61.7 Å². The molecule has 2 N–H and O–H groups in total. The van der Waals surface area contributed by atoms with E-state index in [2.05, 4.69) is 10.9 Å². The molecule has 0 aliphatic carbocycles. The van der Waals surface area contributed by atoms with Crippen molar-refractivity contribution in [3.8, 4) is 5.75 Å². The van der Waals surface area contributed by atoms with Crippen LogP contribution in [0.5, 0.6) is 5.75 Å². The SMILES string of the molecule is CCOc1ccc(C(=O)NNC(=O)[C@@H]2CC(=O)N(c3ccc(SC)cc3)C2)cc1. The van der Waals surface area contributed by atoms with E-state index in [0.717, 1.165) is 10.6 Å². The highest BCUT2D eigenvalue weighted by Crippen LogP contribution is 2.27. The number of nitrogens with one attached hydrogen (secondary N) is 2. The minimum absolute atomic E-state index is 0.106. The van der Waals surface area contributed by atoms with Gasteiger partial charge in [0, 0.05) is 29.1 Å². The van der Waals surface area contributed by atoms with Crippen LogP contribution in [0.1, 0.15) is 23.7 Å². The number of thioether (sulfide) groups is 1. The van der Waals surface area contributed by atoms with E-state index in [-0.39, 0.29) is 24.8 Å². The van der Waals surface area contributed by atoms with Gasteiger partial charge in [-0.25, -0.2) is 0 Å². The summed E-state index contributed by atoms with van der Waals surface area (Å²) in [5.74, 6) is -0.789. The van der Waals surface area contributed by atoms with Crippen LogP contribution in [-0.4, -0.2) is 37.1 Å². The molecule has 1 atom stereocenters. The minimum atomic E-state index is -0.525. The lowest BCUT2D eigenvalue weighted by molar-refractivity contribution is -0.126. The molecule has 1 heterocycles. The van der Waals surface area contributed by atoms with Crippen LogP contribution in [0.25, 0.3) is 0 Å². The third-order valence-electron chi connectivity index (χ3n) is 4.61. The monoisotopic (exact) mass is 413 g/mol. The van der Waals surface area contributed by atoms with Crippen molar-refractivity contribution in [3.05, 3.63) is 54.1 Å². The van der Waals surface area contributed by atoms with E-state index < -0.39 is 11.8 Å². The average molecular weight is 413 g/mol. The fourth-order valence-corrected chi connectivity index (χ4v) is 3.46. The lowest BCUT2D eigenvalue weighted by atomic mass is 10.1. The standard InChI is InChI=1S/C21H23N3O4S/c1-3-28-17-8-4-14(5-9-17)20(26)22-23-21(27)15-12-19(25)24(13-15)16-6-10-18(29-2)11-7-16/h4-11,15H,3,12-13H2,1-2H3,(H,22,26)(H,23,27)/t15-/m1/s1. The van der Waals surface area contributed by atoms with Gasteiger partial charge < -0.3 is 9.64 Å². The molecule has 0 aromatic heterocycles. The first kappa shape index (κ1) is 20.7. The molecule has 29 heavy (non-hydrogen) atoms. The molecule has 0 bridgehead atoms. The third kappa shape index (κ3) is 5.08. The van der Waals surface area contributed by atoms with E-state index in [1.54, 1.807) is 40.9 Å². The number of rotatable bonds is 6. The van der Waals surface area contributed by atoms with Crippen LogP contribution in [0.15, 0.2) is 53.4 Å². The summed E-state index contributed by atoms with van der Waals surface area (Å²) in [4.78, 5) is 39.6. The number of hydrazine groups is 1. The predicted octanol–water partition coefficient (Wildman–Crippen LogP) is 2.62. The van der Waals surface area contributed by atoms with Crippen molar-refractivity contribution >= 4 is 35.2 Å². The molecule has 152 valence electrons. The van der Waals surface area contributed by atoms with Crippen LogP contribution in [0.3, 0.4) is 0 Å². The molecule has 0 saturated carbocycles. The lowest BCUT2D eigenvalue weighted by Gasteiger charge is -2.17. The van der Waals surface area contributed by atoms with Crippen molar-refractivity contribution < 1.29 is 19.1 Å². The number of benzene rings is 2. The maximum Gasteiger partial charge on any atom is 0.269 e. The lowest BCUT2D eigenvalue weighted by Crippen LogP contribution is -2.45. The first-order chi connectivity index (χ1) is 14.0. The number of carbonyl (C=O) groups is 3. The summed E-state index contributed by atoms with van der Waals surface area (Å²) in [5.41, 5.74) is 5.98. The van der Waals surface area contributed by atoms with Gasteiger partial charge in [0.05, 0.1) is 12.5 Å². The molecular formula is C21H23N3O4S. The molecule has 7 nitrogen and oxygen atoms in total. The molecule has 2 aromatic rings. The Balaban J connectivity index is 1.54. The maximum atomic E-state index is 12.4. The number of amides is 3. The summed E-state index contributed by atoms with van der Waals surface area (Å²) < 4.78 is 5.34. The summed E-state index contributed by atoms with van der Waals surface area (Å²) in [7, 11) is 0. The predicted molar refractivity (Wildman–Crippen MR) is 112 cm³/mol. The molecule has 0 unspecified atom stereocenters. The quantitative estimate of drug-likeness (QED) is 0.562. The summed E-state index contributed by atoms with van der Waals surface area (Å²) >= 11 is 1.62. The molecule has 0 spiro atoms. The summed E-state index contributed by atoms with van der Waals surface area (Å²) in [5, 5.41) is 0. The van der Waals surface area contributed by atoms with Gasteiger partial charge >= 0.3 is 0 Å². The molecule has 1 saturated heterocycles. The maximum absolute atomic E-state index is 12.4. The number of anilines is 1. The largest absolute Gasteiger partial charge is 0.494 e. The molecule has 1 aliphatic heterocycles. The van der Waals surface area contributed by atoms with Crippen LogP contribution >= 0.6 is 11.8 Å². The van der Waals surface area contributed by atoms with Crippen LogP contribution in [-0.2, 0) is 9.59 Å². The van der Waals surface area contributed by atoms with Crippen molar-refractivity contribution in [3.63, 3.8) is 0 Å². The van der Waals surface area contributed by atoms with Crippen molar-refractivity contribution in [1.82, 2.24) is 10.9 Å². The zero-order chi connectivity index (χ0) is 20.8. The number of hydrogen-bond donors (Lipinski definition) is 2. The molecule has 1 aliphatic rings. The zero-order valence-corrected chi connectivity index (χ0v) is 17.1. The Bertz CT molecular complexity index is 884. The first-order valence-electron chi connectivity index (χ1n) is 9.29. The highest BCUT2D eigenvalue weighted by atomic mass is 32.2. The van der Waals surface area contributed by atoms with Gasteiger partial charge in [-0.2, -0.15) is 0 Å². The van der Waals surface area contributed by atoms with Crippen LogP contribution in [0, 0.1) is 5.92 Å². The Morgan fingerprint density at radius 3 is 2.41 bits per heavy atom. The number of ether oxygens (including phenoxy) is 1. The Morgan fingerprint density at radius 1 is 1.10 bits per heavy atom. The van der Waals surface area contributed by atoms with Gasteiger partial charge in [0.1, 0.15) is 5.75 Å². The zero-order valence-electron chi connectivity index (χ0n) is 16.3. The van der Waals surface area contributed by atoms with Gasteiger partial charge in [-0.1, -0.05) is 0 Å². The fraction of sp³-hybridized carbons (Fsp3) is 0.286. The molecular weight excluding hydrogens is 390 g/mol. The number of nitrogens with zero attached hydrogens (tertiary/aromatic N) is 1. The fourth-order valence-electron chi connectivity index (χ4n) is 3.06. The second kappa shape index (κ2) is 9.47. The van der Waals surface area contributed by atoms with Crippen molar-refractivity contribution in [1.29, 1.82) is 0 Å². The normalized spacial score (nSPS) is 15.9. The topological polar surface area (TPSA) is 87.7 Å². The molecule has 0 radical (unpaired) electrons. The number of hydrogen-bond acceptors (Lipinski definition) is 5. The Kier molecular flexibility index (Phi) is 6.77. The smallest absolute Gasteiger partial charge is 0.269 e. The number of carbonyl (C=O) groups excluding carboxylic acids is 3. The van der Waals surface area contributed by atoms with Crippen LogP contribution in [0.4, 0.5) is 5.69 Å². The molecule has 2 aromatic carbocycles. The summed E-state index contributed by atoms with van der Waals surface area (Å²) in [6, 6.07) is 14.2. The van der Waals surface area contributed by atoms with Crippen LogP contribution < -0.4 is 20.5 Å². The van der Waals surface area contributed by atoms with E-state index in [1.807, 2.05) is 37.4 Å². The van der Waals surface area contributed by atoms with Gasteiger partial charge in [-0.3, -0.25) is 25.2 Å². The molecule has 1 fully saturated rings. The molecule has 3 rings (SSSR count). The van der Waals surface area contributed by atoms with Gasteiger partial charge in [0.2, 0.25) is 11.8 Å². The van der Waals surface area contributed by atoms with E-state index in [9.17, 15) is 14.4 Å². The van der Waals surface area contributed by atoms with Crippen LogP contribution in [0.2, 0.25) is 0 Å². The summed E-state index contributed by atoms with van der Waals surface area (Å²) in [6.45, 7) is 2.70. The van der Waals surface area contributed by atoms with Gasteiger partial charge in [0.25, 0.3) is 5.91 Å². The Labute approximate surface area is 173 Å². The summed E-state index contributed by atoms with van der Waals surface area (Å²) in [6.07, 6.45) is 2.09. The van der Waals surface area contributed by atoms with Gasteiger partial charge in [0.15, 0.2) is 0 Å². The molecule has 8 heteroatoms. The van der Waals surface area contributed by atoms with Crippen molar-refractivity contribution in [2.75, 3.05) is 24.3 Å². The first-order valence-corrected chi connectivity index (χ1v) is 10.5. The average Bonchev–Trinajstić information content (AvgIpc) is 3.14.